The van der Waals surface area contributed by atoms with E-state index in [9.17, 15) is 10.2 Å². The molecule has 0 saturated carbocycles. The van der Waals surface area contributed by atoms with Gasteiger partial charge in [0.2, 0.25) is 0 Å². The van der Waals surface area contributed by atoms with Crippen LogP contribution in [-0.2, 0) is 0 Å². The monoisotopic (exact) mass is 278 g/mol. The summed E-state index contributed by atoms with van der Waals surface area (Å²) in [4.78, 5) is 0. The minimum atomic E-state index is -0.851. The summed E-state index contributed by atoms with van der Waals surface area (Å²) < 4.78 is 0. The van der Waals surface area contributed by atoms with Crippen LogP contribution in [0.5, 0.6) is 0 Å². The molecule has 0 radical (unpaired) electrons. The van der Waals surface area contributed by atoms with Crippen molar-refractivity contribution in [2.45, 2.75) is 83.8 Å². The highest BCUT2D eigenvalue weighted by molar-refractivity contribution is 4.81. The molecule has 0 amide bonds. The fourth-order valence-electron chi connectivity index (χ4n) is 1.74. The quantitative estimate of drug-likeness (QED) is 0.462. The van der Waals surface area contributed by atoms with Crippen LogP contribution >= 0.6 is 0 Å². The molecule has 0 bridgehead atoms. The zero-order valence-corrected chi connectivity index (χ0v) is 12.9. The van der Waals surface area contributed by atoms with Crippen LogP contribution in [0.25, 0.3) is 0 Å². The van der Waals surface area contributed by atoms with Crippen molar-refractivity contribution in [1.29, 1.82) is 0 Å². The molecule has 0 aromatic carbocycles. The van der Waals surface area contributed by atoms with Gasteiger partial charge in [0, 0.05) is 13.2 Å². The second kappa shape index (κ2) is 14.3. The lowest BCUT2D eigenvalue weighted by Gasteiger charge is -2.29. The molecule has 0 aromatic heterocycles. The van der Waals surface area contributed by atoms with Gasteiger partial charge in [0.05, 0.1) is 11.7 Å². The van der Waals surface area contributed by atoms with Gasteiger partial charge in [0.15, 0.2) is 0 Å². The van der Waals surface area contributed by atoms with Crippen molar-refractivity contribution in [3.05, 3.63) is 0 Å². The van der Waals surface area contributed by atoms with Gasteiger partial charge in [0.1, 0.15) is 0 Å². The van der Waals surface area contributed by atoms with E-state index in [-0.39, 0.29) is 13.2 Å². The predicted octanol–water partition coefficient (Wildman–Crippen LogP) is 2.23. The first kappa shape index (κ1) is 21.1. The summed E-state index contributed by atoms with van der Waals surface area (Å²) in [6.07, 6.45) is 6.60. The molecule has 0 fully saturated rings. The first-order valence-electron chi connectivity index (χ1n) is 7.60. The molecule has 4 heteroatoms. The number of aliphatic hydroxyl groups is 4. The van der Waals surface area contributed by atoms with Crippen LogP contribution in [0.2, 0.25) is 0 Å². The van der Waals surface area contributed by atoms with Gasteiger partial charge in [-0.2, -0.15) is 0 Å². The van der Waals surface area contributed by atoms with E-state index in [0.717, 1.165) is 38.5 Å². The largest absolute Gasteiger partial charge is 0.396 e. The molecule has 0 heterocycles. The number of unbranched alkanes of at least 4 members (excludes halogenated alkanes) is 4. The lowest BCUT2D eigenvalue weighted by atomic mass is 9.89. The maximum atomic E-state index is 9.78. The number of rotatable bonds is 10. The molecule has 0 aliphatic heterocycles. The fourth-order valence-corrected chi connectivity index (χ4v) is 1.74. The molecule has 4 nitrogen and oxygen atoms in total. The average molecular weight is 278 g/mol. The minimum absolute atomic E-state index is 0.283. The van der Waals surface area contributed by atoms with E-state index in [1.54, 1.807) is 6.92 Å². The van der Waals surface area contributed by atoms with Crippen LogP contribution in [0.3, 0.4) is 0 Å². The fraction of sp³-hybridized carbons (Fsp3) is 1.00. The molecule has 118 valence electrons. The Morgan fingerprint density at radius 2 is 1.37 bits per heavy atom. The van der Waals surface area contributed by atoms with Crippen molar-refractivity contribution in [3.8, 4) is 0 Å². The van der Waals surface area contributed by atoms with E-state index >= 15 is 0 Å². The molecule has 0 aromatic rings. The van der Waals surface area contributed by atoms with Crippen molar-refractivity contribution in [3.63, 3.8) is 0 Å². The smallest absolute Gasteiger partial charge is 0.0900 e. The van der Waals surface area contributed by atoms with Gasteiger partial charge < -0.3 is 20.4 Å². The second-order valence-electron chi connectivity index (χ2n) is 5.10. The van der Waals surface area contributed by atoms with Gasteiger partial charge in [-0.05, 0) is 32.6 Å². The zero-order valence-electron chi connectivity index (χ0n) is 12.9. The highest BCUT2D eigenvalue weighted by atomic mass is 16.3. The van der Waals surface area contributed by atoms with Crippen molar-refractivity contribution in [2.24, 2.45) is 0 Å². The van der Waals surface area contributed by atoms with Crippen molar-refractivity contribution in [1.82, 2.24) is 0 Å². The molecule has 0 rings (SSSR count). The molecule has 19 heavy (non-hydrogen) atoms. The van der Waals surface area contributed by atoms with Crippen LogP contribution in [0, 0.1) is 0 Å². The molecule has 0 saturated heterocycles. The van der Waals surface area contributed by atoms with Crippen LogP contribution in [0.1, 0.15) is 72.1 Å². The van der Waals surface area contributed by atoms with Gasteiger partial charge >= 0.3 is 0 Å². The average Bonchev–Trinajstić information content (AvgIpc) is 2.41. The van der Waals surface area contributed by atoms with E-state index in [2.05, 4.69) is 6.92 Å². The van der Waals surface area contributed by atoms with E-state index < -0.39 is 11.7 Å². The van der Waals surface area contributed by atoms with Crippen LogP contribution in [0.4, 0.5) is 0 Å². The third-order valence-electron chi connectivity index (χ3n) is 3.42. The molecule has 0 spiro atoms. The summed E-state index contributed by atoms with van der Waals surface area (Å²) in [5, 5.41) is 35.6. The van der Waals surface area contributed by atoms with E-state index in [1.165, 1.54) is 0 Å². The Hall–Kier alpha value is -0.160. The SMILES string of the molecule is CCCCC(O)(CC)C(C)O.OCCCCCCO. The van der Waals surface area contributed by atoms with Gasteiger partial charge in [-0.15, -0.1) is 0 Å². The minimum Gasteiger partial charge on any atom is -0.396 e. The normalized spacial score (nSPS) is 15.3. The predicted molar refractivity (Wildman–Crippen MR) is 79.1 cm³/mol. The number of aliphatic hydroxyl groups excluding tert-OH is 3. The maximum Gasteiger partial charge on any atom is 0.0900 e. The van der Waals surface area contributed by atoms with Gasteiger partial charge in [0.25, 0.3) is 0 Å². The summed E-state index contributed by atoms with van der Waals surface area (Å²) in [6.45, 7) is 6.20. The van der Waals surface area contributed by atoms with E-state index in [4.69, 9.17) is 10.2 Å². The van der Waals surface area contributed by atoms with Crippen LogP contribution < -0.4 is 0 Å². The first-order chi connectivity index (χ1) is 8.98. The Morgan fingerprint density at radius 1 is 0.895 bits per heavy atom. The summed E-state index contributed by atoms with van der Waals surface area (Å²) >= 11 is 0. The van der Waals surface area contributed by atoms with Crippen molar-refractivity contribution < 1.29 is 20.4 Å². The maximum absolute atomic E-state index is 9.78. The van der Waals surface area contributed by atoms with Crippen LogP contribution in [-0.4, -0.2) is 45.3 Å². The van der Waals surface area contributed by atoms with Crippen molar-refractivity contribution in [2.75, 3.05) is 13.2 Å². The highest BCUT2D eigenvalue weighted by Crippen LogP contribution is 2.22. The Kier molecular flexibility index (Phi) is 15.9. The number of hydrogen-bond acceptors (Lipinski definition) is 4. The molecule has 2 atom stereocenters. The summed E-state index contributed by atoms with van der Waals surface area (Å²) in [6, 6.07) is 0. The standard InChI is InChI=1S/C9H20O2.C6H14O2/c1-4-6-7-9(11,5-2)8(3)10;7-5-3-1-2-4-6-8/h8,10-11H,4-7H2,1-3H3;7-8H,1-6H2. The first-order valence-corrected chi connectivity index (χ1v) is 7.60. The Balaban J connectivity index is 0. The molecular weight excluding hydrogens is 244 g/mol. The summed E-state index contributed by atoms with van der Waals surface area (Å²) in [5.74, 6) is 0. The molecule has 0 aliphatic carbocycles. The summed E-state index contributed by atoms with van der Waals surface area (Å²) in [5.41, 5.74) is -0.851. The van der Waals surface area contributed by atoms with Crippen molar-refractivity contribution >= 4 is 0 Å². The topological polar surface area (TPSA) is 80.9 Å². The molecular formula is C15H34O4. The Bertz CT molecular complexity index is 168. The number of hydrogen-bond donors (Lipinski definition) is 4. The van der Waals surface area contributed by atoms with E-state index in [0.29, 0.717) is 12.8 Å². The third kappa shape index (κ3) is 12.6. The zero-order chi connectivity index (χ0) is 15.1. The Labute approximate surface area is 118 Å². The van der Waals surface area contributed by atoms with Gasteiger partial charge in [-0.1, -0.05) is 39.5 Å². The lowest BCUT2D eigenvalue weighted by molar-refractivity contribution is -0.0750. The third-order valence-corrected chi connectivity index (χ3v) is 3.42. The second-order valence-corrected chi connectivity index (χ2v) is 5.10. The van der Waals surface area contributed by atoms with Gasteiger partial charge in [-0.25, -0.2) is 0 Å². The van der Waals surface area contributed by atoms with Gasteiger partial charge in [-0.3, -0.25) is 0 Å². The molecule has 0 aliphatic rings. The molecule has 4 N–H and O–H groups in total. The summed E-state index contributed by atoms with van der Waals surface area (Å²) in [7, 11) is 0. The lowest BCUT2D eigenvalue weighted by Crippen LogP contribution is -2.39. The van der Waals surface area contributed by atoms with Crippen LogP contribution in [0.15, 0.2) is 0 Å². The van der Waals surface area contributed by atoms with E-state index in [1.807, 2.05) is 6.92 Å². The molecule has 2 unspecified atom stereocenters. The highest BCUT2D eigenvalue weighted by Gasteiger charge is 2.29. The Morgan fingerprint density at radius 3 is 1.63 bits per heavy atom.